The molecule has 9 rings (SSSR count). The van der Waals surface area contributed by atoms with E-state index in [1.807, 2.05) is 30.5 Å². The molecule has 0 saturated heterocycles. The second kappa shape index (κ2) is 12.2. The van der Waals surface area contributed by atoms with E-state index in [2.05, 4.69) is 143 Å². The standard InChI is InChI=1S/C42H25N3S.Pt/c1-2-10-28(11-3-1)29-19-21-30(22-20-29)34-15-9-18-40-41(34)44-42(46-40)32-23-24-36-35-14-4-5-17-38(35)45(39(36)27-32)33-13-8-12-31(26-33)37-16-6-7-25-43-37;/h1-25H;/q-2;+2. The molecule has 3 heterocycles. The van der Waals surface area contributed by atoms with Gasteiger partial charge < -0.3 is 9.55 Å². The smallest absolute Gasteiger partial charge is 0.346 e. The third-order valence-electron chi connectivity index (χ3n) is 8.50. The van der Waals surface area contributed by atoms with Crippen molar-refractivity contribution in [2.75, 3.05) is 0 Å². The van der Waals surface area contributed by atoms with Crippen molar-refractivity contribution < 1.29 is 21.1 Å². The van der Waals surface area contributed by atoms with Gasteiger partial charge in [-0.3, -0.25) is 4.98 Å². The number of pyridine rings is 1. The van der Waals surface area contributed by atoms with Crippen LogP contribution in [-0.4, -0.2) is 14.5 Å². The van der Waals surface area contributed by atoms with Crippen LogP contribution < -0.4 is 0 Å². The second-order valence-corrected chi connectivity index (χ2v) is 12.3. The molecule has 3 nitrogen and oxygen atoms in total. The number of hydrogen-bond donors (Lipinski definition) is 0. The van der Waals surface area contributed by atoms with Crippen LogP contribution in [0.3, 0.4) is 0 Å². The molecule has 0 aliphatic heterocycles. The van der Waals surface area contributed by atoms with E-state index in [4.69, 9.17) is 4.98 Å². The fraction of sp³-hybridized carbons (Fsp3) is 0. The number of aromatic nitrogens is 3. The van der Waals surface area contributed by atoms with Crippen molar-refractivity contribution in [2.24, 2.45) is 0 Å². The molecule has 9 aromatic rings. The molecule has 0 saturated carbocycles. The maximum atomic E-state index is 5.22. The normalized spacial score (nSPS) is 11.2. The van der Waals surface area contributed by atoms with Crippen molar-refractivity contribution in [3.8, 4) is 49.8 Å². The minimum Gasteiger partial charge on any atom is -0.346 e. The van der Waals surface area contributed by atoms with E-state index in [1.54, 1.807) is 11.3 Å². The summed E-state index contributed by atoms with van der Waals surface area (Å²) in [5.74, 6) is 0. The van der Waals surface area contributed by atoms with Crippen molar-refractivity contribution in [3.05, 3.63) is 164 Å². The van der Waals surface area contributed by atoms with Crippen LogP contribution in [0.5, 0.6) is 0 Å². The second-order valence-electron chi connectivity index (χ2n) is 11.3. The Kier molecular flexibility index (Phi) is 7.61. The number of fused-ring (bicyclic) bond motifs is 4. The molecular weight excluding hydrogens is 774 g/mol. The minimum atomic E-state index is 0. The zero-order valence-electron chi connectivity index (χ0n) is 25.0. The molecule has 0 N–H and O–H groups in total. The summed E-state index contributed by atoms with van der Waals surface area (Å²) in [5.41, 5.74) is 11.6. The van der Waals surface area contributed by atoms with Gasteiger partial charge >= 0.3 is 21.1 Å². The van der Waals surface area contributed by atoms with Crippen LogP contribution in [0, 0.1) is 12.1 Å². The number of nitrogens with zero attached hydrogens (tertiary/aromatic N) is 3. The fourth-order valence-electron chi connectivity index (χ4n) is 6.30. The van der Waals surface area contributed by atoms with Gasteiger partial charge in [0.15, 0.2) is 0 Å². The molecule has 0 bridgehead atoms. The van der Waals surface area contributed by atoms with Gasteiger partial charge in [0, 0.05) is 27.0 Å². The van der Waals surface area contributed by atoms with Gasteiger partial charge in [-0.1, -0.05) is 102 Å². The van der Waals surface area contributed by atoms with Crippen molar-refractivity contribution in [2.45, 2.75) is 0 Å². The first kappa shape index (κ1) is 29.3. The van der Waals surface area contributed by atoms with E-state index in [-0.39, 0.29) is 21.1 Å². The molecule has 0 unspecified atom stereocenters. The Morgan fingerprint density at radius 2 is 1.32 bits per heavy atom. The Labute approximate surface area is 291 Å². The van der Waals surface area contributed by atoms with Crippen LogP contribution in [0.1, 0.15) is 0 Å². The maximum absolute atomic E-state index is 5.22. The van der Waals surface area contributed by atoms with Gasteiger partial charge in [-0.05, 0) is 57.2 Å². The van der Waals surface area contributed by atoms with Gasteiger partial charge in [-0.2, -0.15) is 11.3 Å². The molecule has 224 valence electrons. The van der Waals surface area contributed by atoms with Gasteiger partial charge in [0.05, 0.1) is 5.52 Å². The number of rotatable bonds is 5. The van der Waals surface area contributed by atoms with Crippen molar-refractivity contribution in [1.82, 2.24) is 14.5 Å². The molecule has 0 amide bonds. The Bertz CT molecular complexity index is 2520. The van der Waals surface area contributed by atoms with Crippen LogP contribution in [0.2, 0.25) is 0 Å². The molecule has 47 heavy (non-hydrogen) atoms. The molecular formula is C42H25N3PtS. The van der Waals surface area contributed by atoms with Crippen LogP contribution in [0.25, 0.3) is 81.8 Å². The van der Waals surface area contributed by atoms with E-state index in [0.717, 1.165) is 65.3 Å². The van der Waals surface area contributed by atoms with E-state index in [9.17, 15) is 0 Å². The zero-order valence-corrected chi connectivity index (χ0v) is 28.1. The number of benzene rings is 6. The predicted molar refractivity (Wildman–Crippen MR) is 191 cm³/mol. The fourth-order valence-corrected chi connectivity index (χ4v) is 7.27. The van der Waals surface area contributed by atoms with Crippen molar-refractivity contribution in [3.63, 3.8) is 0 Å². The van der Waals surface area contributed by atoms with Crippen LogP contribution >= 0.6 is 11.3 Å². The minimum absolute atomic E-state index is 0. The Hall–Kier alpha value is -5.15. The van der Waals surface area contributed by atoms with Gasteiger partial charge in [0.25, 0.3) is 0 Å². The molecule has 0 fully saturated rings. The summed E-state index contributed by atoms with van der Waals surface area (Å²) in [6.45, 7) is 0. The van der Waals surface area contributed by atoms with Gasteiger partial charge in [-0.25, -0.2) is 0 Å². The average Bonchev–Trinajstić information content (AvgIpc) is 3.72. The third kappa shape index (κ3) is 5.20. The van der Waals surface area contributed by atoms with Gasteiger partial charge in [0.2, 0.25) is 0 Å². The Morgan fingerprint density at radius 1 is 0.553 bits per heavy atom. The largest absolute Gasteiger partial charge is 2.00 e. The number of thiazole rings is 1. The van der Waals surface area contributed by atoms with E-state index >= 15 is 0 Å². The summed E-state index contributed by atoms with van der Waals surface area (Å²) >= 11 is 1.71. The average molecular weight is 799 g/mol. The molecule has 0 spiro atoms. The van der Waals surface area contributed by atoms with E-state index in [0.29, 0.717) is 0 Å². The summed E-state index contributed by atoms with van der Waals surface area (Å²) in [5, 5.41) is 3.28. The summed E-state index contributed by atoms with van der Waals surface area (Å²) in [4.78, 5) is 9.78. The molecule has 6 aromatic carbocycles. The van der Waals surface area contributed by atoms with E-state index < -0.39 is 0 Å². The molecule has 0 aliphatic carbocycles. The van der Waals surface area contributed by atoms with Crippen LogP contribution in [-0.2, 0) is 21.1 Å². The van der Waals surface area contributed by atoms with Crippen molar-refractivity contribution in [1.29, 1.82) is 0 Å². The maximum Gasteiger partial charge on any atom is 2.00 e. The molecule has 3 aromatic heterocycles. The monoisotopic (exact) mass is 798 g/mol. The first-order chi connectivity index (χ1) is 22.8. The quantitative estimate of drug-likeness (QED) is 0.162. The molecule has 0 aliphatic rings. The summed E-state index contributed by atoms with van der Waals surface area (Å²) in [6, 6.07) is 58.2. The first-order valence-electron chi connectivity index (χ1n) is 15.3. The van der Waals surface area contributed by atoms with Crippen LogP contribution in [0.4, 0.5) is 0 Å². The third-order valence-corrected chi connectivity index (χ3v) is 9.55. The first-order valence-corrected chi connectivity index (χ1v) is 16.1. The topological polar surface area (TPSA) is 30.7 Å². The molecule has 0 radical (unpaired) electrons. The summed E-state index contributed by atoms with van der Waals surface area (Å²) < 4.78 is 3.42. The molecule has 0 atom stereocenters. The summed E-state index contributed by atoms with van der Waals surface area (Å²) in [6.07, 6.45) is 1.82. The van der Waals surface area contributed by atoms with Crippen LogP contribution in [0.15, 0.2) is 152 Å². The predicted octanol–water partition coefficient (Wildman–Crippen LogP) is 11.1. The van der Waals surface area contributed by atoms with Crippen molar-refractivity contribution >= 4 is 43.4 Å². The Morgan fingerprint density at radius 3 is 2.17 bits per heavy atom. The SMILES string of the molecule is [Pt+2].[c-]1c(-c2ccccn2)cccc1-n1c2[c-]c(-c3nc4c(-c5ccc(-c6ccccc6)cc5)cccc4s3)ccc2c2ccccc21. The zero-order chi connectivity index (χ0) is 30.5. The Balaban J connectivity index is 0.00000324. The van der Waals surface area contributed by atoms with Gasteiger partial charge in [-0.15, -0.1) is 53.6 Å². The van der Waals surface area contributed by atoms with E-state index in [1.165, 1.54) is 16.5 Å². The number of para-hydroxylation sites is 2. The number of hydrogen-bond acceptors (Lipinski definition) is 3. The van der Waals surface area contributed by atoms with Gasteiger partial charge in [0.1, 0.15) is 0 Å². The molecule has 5 heteroatoms. The summed E-state index contributed by atoms with van der Waals surface area (Å²) in [7, 11) is 0.